The molecule has 29 heavy (non-hydrogen) atoms. The lowest BCUT2D eigenvalue weighted by molar-refractivity contribution is 0.241. The number of benzene rings is 1. The van der Waals surface area contributed by atoms with E-state index in [1.165, 1.54) is 0 Å². The molecule has 0 saturated carbocycles. The molecule has 0 saturated heterocycles. The number of ether oxygens (including phenoxy) is 1. The van der Waals surface area contributed by atoms with Crippen LogP contribution in [0.15, 0.2) is 41.8 Å². The van der Waals surface area contributed by atoms with E-state index in [1.54, 1.807) is 13.3 Å². The maximum Gasteiger partial charge on any atom is 0.246 e. The second-order valence-electron chi connectivity index (χ2n) is 7.22. The molecule has 0 atom stereocenters. The third-order valence-corrected chi connectivity index (χ3v) is 6.00. The van der Waals surface area contributed by atoms with Crippen LogP contribution in [0.1, 0.15) is 22.5 Å². The molecule has 152 valence electrons. The summed E-state index contributed by atoms with van der Waals surface area (Å²) in [7, 11) is -1.74. The standard InChI is InChI=1S/C20H23N5O3S/c1-14-15(11-22-25(14)17-4-6-18(28-2)7-5-17)12-24-9-8-19-16(13-24)10-21-20(23-19)29(3,26)27/h4-7,10-11H,8-9,12-13H2,1-3H3. The highest BCUT2D eigenvalue weighted by molar-refractivity contribution is 7.90. The van der Waals surface area contributed by atoms with Crippen LogP contribution in [0.25, 0.3) is 5.69 Å². The molecule has 1 aromatic carbocycles. The van der Waals surface area contributed by atoms with E-state index in [-0.39, 0.29) is 5.16 Å². The van der Waals surface area contributed by atoms with Crippen molar-refractivity contribution in [2.75, 3.05) is 19.9 Å². The lowest BCUT2D eigenvalue weighted by atomic mass is 10.1. The van der Waals surface area contributed by atoms with Gasteiger partial charge in [0.15, 0.2) is 0 Å². The molecule has 1 aliphatic heterocycles. The van der Waals surface area contributed by atoms with E-state index >= 15 is 0 Å². The Morgan fingerprint density at radius 1 is 1.17 bits per heavy atom. The average molecular weight is 414 g/mol. The Balaban J connectivity index is 1.50. The molecule has 4 rings (SSSR count). The predicted molar refractivity (Wildman–Crippen MR) is 108 cm³/mol. The van der Waals surface area contributed by atoms with E-state index in [2.05, 4.69) is 26.9 Å². The summed E-state index contributed by atoms with van der Waals surface area (Å²) >= 11 is 0. The number of nitrogens with zero attached hydrogens (tertiary/aromatic N) is 5. The lowest BCUT2D eigenvalue weighted by Gasteiger charge is -2.27. The van der Waals surface area contributed by atoms with Crippen molar-refractivity contribution in [2.24, 2.45) is 0 Å². The van der Waals surface area contributed by atoms with Crippen LogP contribution in [0.5, 0.6) is 5.75 Å². The van der Waals surface area contributed by atoms with Gasteiger partial charge in [0.05, 0.1) is 24.7 Å². The molecule has 0 aliphatic carbocycles. The van der Waals surface area contributed by atoms with Gasteiger partial charge in [0.2, 0.25) is 15.0 Å². The molecule has 0 radical (unpaired) electrons. The molecule has 0 fully saturated rings. The van der Waals surface area contributed by atoms with Crippen molar-refractivity contribution in [2.45, 2.75) is 31.6 Å². The lowest BCUT2D eigenvalue weighted by Crippen LogP contribution is -2.31. The Morgan fingerprint density at radius 2 is 1.93 bits per heavy atom. The first-order chi connectivity index (χ1) is 13.8. The molecule has 2 aromatic heterocycles. The third kappa shape index (κ3) is 4.01. The number of aromatic nitrogens is 4. The summed E-state index contributed by atoms with van der Waals surface area (Å²) < 4.78 is 30.5. The van der Waals surface area contributed by atoms with Gasteiger partial charge >= 0.3 is 0 Å². The van der Waals surface area contributed by atoms with Crippen molar-refractivity contribution in [3.05, 3.63) is 59.2 Å². The highest BCUT2D eigenvalue weighted by Gasteiger charge is 2.22. The summed E-state index contributed by atoms with van der Waals surface area (Å²) in [5.74, 6) is 0.812. The summed E-state index contributed by atoms with van der Waals surface area (Å²) in [4.78, 5) is 10.6. The normalized spacial score (nSPS) is 14.6. The van der Waals surface area contributed by atoms with Crippen LogP contribution in [0.4, 0.5) is 0 Å². The number of sulfone groups is 1. The van der Waals surface area contributed by atoms with Crippen molar-refractivity contribution in [3.63, 3.8) is 0 Å². The van der Waals surface area contributed by atoms with Gasteiger partial charge in [-0.25, -0.2) is 23.1 Å². The largest absolute Gasteiger partial charge is 0.497 e. The van der Waals surface area contributed by atoms with Gasteiger partial charge in [-0.05, 0) is 31.2 Å². The molecule has 0 amide bonds. The van der Waals surface area contributed by atoms with Gasteiger partial charge in [0.1, 0.15) is 5.75 Å². The molecule has 9 heteroatoms. The highest BCUT2D eigenvalue weighted by Crippen LogP contribution is 2.22. The van der Waals surface area contributed by atoms with Crippen molar-refractivity contribution < 1.29 is 13.2 Å². The van der Waals surface area contributed by atoms with Gasteiger partial charge in [-0.2, -0.15) is 5.10 Å². The minimum absolute atomic E-state index is 0.0960. The van der Waals surface area contributed by atoms with Crippen LogP contribution in [0, 0.1) is 6.92 Å². The smallest absolute Gasteiger partial charge is 0.246 e. The average Bonchev–Trinajstić information content (AvgIpc) is 3.07. The summed E-state index contributed by atoms with van der Waals surface area (Å²) in [5, 5.41) is 4.45. The van der Waals surface area contributed by atoms with E-state index in [0.29, 0.717) is 13.0 Å². The molecule has 1 aliphatic rings. The minimum Gasteiger partial charge on any atom is -0.497 e. The monoisotopic (exact) mass is 413 g/mol. The van der Waals surface area contributed by atoms with E-state index in [0.717, 1.165) is 53.3 Å². The van der Waals surface area contributed by atoms with Crippen molar-refractivity contribution in [1.82, 2.24) is 24.6 Å². The van der Waals surface area contributed by atoms with Gasteiger partial charge in [0.25, 0.3) is 0 Å². The molecule has 8 nitrogen and oxygen atoms in total. The molecule has 0 bridgehead atoms. The zero-order chi connectivity index (χ0) is 20.6. The minimum atomic E-state index is -3.39. The molecule has 0 spiro atoms. The first kappa shape index (κ1) is 19.5. The quantitative estimate of drug-likeness (QED) is 0.591. The predicted octanol–water partition coefficient (Wildman–Crippen LogP) is 1.94. The van der Waals surface area contributed by atoms with Crippen molar-refractivity contribution in [1.29, 1.82) is 0 Å². The maximum atomic E-state index is 11.7. The van der Waals surface area contributed by atoms with E-state index in [4.69, 9.17) is 4.74 Å². The van der Waals surface area contributed by atoms with Crippen LogP contribution in [-0.2, 0) is 29.3 Å². The van der Waals surface area contributed by atoms with Gasteiger partial charge in [-0.3, -0.25) is 4.90 Å². The summed E-state index contributed by atoms with van der Waals surface area (Å²) in [6, 6.07) is 7.80. The fraction of sp³-hybridized carbons (Fsp3) is 0.350. The van der Waals surface area contributed by atoms with Gasteiger partial charge in [-0.1, -0.05) is 0 Å². The number of hydrogen-bond acceptors (Lipinski definition) is 7. The van der Waals surface area contributed by atoms with E-state index < -0.39 is 9.84 Å². The molecule has 0 unspecified atom stereocenters. The van der Waals surface area contributed by atoms with E-state index in [1.807, 2.05) is 35.1 Å². The Morgan fingerprint density at radius 3 is 2.62 bits per heavy atom. The van der Waals surface area contributed by atoms with Crippen molar-refractivity contribution >= 4 is 9.84 Å². The molecule has 0 N–H and O–H groups in total. The first-order valence-corrected chi connectivity index (χ1v) is 11.2. The van der Waals surface area contributed by atoms with Crippen molar-refractivity contribution in [3.8, 4) is 11.4 Å². The van der Waals surface area contributed by atoms with Gasteiger partial charge in [0, 0.05) is 55.3 Å². The maximum absolute atomic E-state index is 11.7. The van der Waals surface area contributed by atoms with Crippen LogP contribution < -0.4 is 4.74 Å². The topological polar surface area (TPSA) is 90.2 Å². The van der Waals surface area contributed by atoms with Crippen LogP contribution in [-0.4, -0.2) is 53.0 Å². The number of rotatable bonds is 5. The number of methoxy groups -OCH3 is 1. The zero-order valence-electron chi connectivity index (χ0n) is 16.7. The Bertz CT molecular complexity index is 1140. The first-order valence-electron chi connectivity index (χ1n) is 9.30. The SMILES string of the molecule is COc1ccc(-n2ncc(CN3CCc4nc(S(C)(=O)=O)ncc4C3)c2C)cc1. The van der Waals surface area contributed by atoms with Crippen LogP contribution in [0.2, 0.25) is 0 Å². The third-order valence-electron chi connectivity index (χ3n) is 5.14. The van der Waals surface area contributed by atoms with Crippen LogP contribution >= 0.6 is 0 Å². The Hall–Kier alpha value is -2.78. The fourth-order valence-electron chi connectivity index (χ4n) is 3.49. The number of hydrogen-bond donors (Lipinski definition) is 0. The fourth-order valence-corrected chi connectivity index (χ4v) is 4.01. The summed E-state index contributed by atoms with van der Waals surface area (Å²) in [5.41, 5.74) is 5.02. The zero-order valence-corrected chi connectivity index (χ0v) is 17.5. The van der Waals surface area contributed by atoms with Gasteiger partial charge < -0.3 is 4.74 Å². The molecule has 3 aromatic rings. The molecule has 3 heterocycles. The number of fused-ring (bicyclic) bond motifs is 1. The summed E-state index contributed by atoms with van der Waals surface area (Å²) in [6.45, 7) is 4.31. The van der Waals surface area contributed by atoms with E-state index in [9.17, 15) is 8.42 Å². The summed E-state index contributed by atoms with van der Waals surface area (Å²) in [6.07, 6.45) is 5.37. The second kappa shape index (κ2) is 7.57. The second-order valence-corrected chi connectivity index (χ2v) is 9.13. The highest BCUT2D eigenvalue weighted by atomic mass is 32.2. The Labute approximate surface area is 170 Å². The Kier molecular flexibility index (Phi) is 5.10. The molecular weight excluding hydrogens is 390 g/mol. The van der Waals surface area contributed by atoms with Gasteiger partial charge in [-0.15, -0.1) is 0 Å². The van der Waals surface area contributed by atoms with Crippen LogP contribution in [0.3, 0.4) is 0 Å². The molecular formula is C20H23N5O3S.